The van der Waals surface area contributed by atoms with Gasteiger partial charge in [-0.25, -0.2) is 4.79 Å². The number of benzene rings is 1. The van der Waals surface area contributed by atoms with Gasteiger partial charge in [-0.1, -0.05) is 31.9 Å². The Morgan fingerprint density at radius 3 is 2.90 bits per heavy atom. The summed E-state index contributed by atoms with van der Waals surface area (Å²) < 4.78 is 5.87. The van der Waals surface area contributed by atoms with Gasteiger partial charge in [0.25, 0.3) is 0 Å². The molecule has 0 bridgehead atoms. The Labute approximate surface area is 127 Å². The molecule has 0 aromatic heterocycles. The fourth-order valence-corrected chi connectivity index (χ4v) is 2.80. The first-order chi connectivity index (χ1) is 10.1. The van der Waals surface area contributed by atoms with E-state index in [0.717, 1.165) is 17.7 Å². The van der Waals surface area contributed by atoms with Gasteiger partial charge in [-0.15, -0.1) is 0 Å². The van der Waals surface area contributed by atoms with Crippen molar-refractivity contribution in [2.24, 2.45) is 5.92 Å². The molecule has 1 saturated carbocycles. The molecular weight excluding hydrogens is 264 g/mol. The van der Waals surface area contributed by atoms with E-state index in [0.29, 0.717) is 25.2 Å². The van der Waals surface area contributed by atoms with Crippen molar-refractivity contribution in [2.45, 2.75) is 45.6 Å². The standard InChI is InChI=1S/C17H26N2O2/c1-13-6-5-8-15(12-13)19-17(20)18-10-11-21-16-9-4-3-7-14(16)2/h5-6,8,12,14,16H,3-4,7,9-11H2,1-2H3,(H2,18,19,20)/t14-,16-/m1/s1. The number of ether oxygens (including phenoxy) is 1. The maximum Gasteiger partial charge on any atom is 0.319 e. The van der Waals surface area contributed by atoms with Crippen molar-refractivity contribution in [3.63, 3.8) is 0 Å². The first kappa shape index (κ1) is 15.8. The minimum absolute atomic E-state index is 0.180. The molecule has 0 heterocycles. The summed E-state index contributed by atoms with van der Waals surface area (Å²) in [6, 6.07) is 7.58. The highest BCUT2D eigenvalue weighted by molar-refractivity contribution is 5.89. The summed E-state index contributed by atoms with van der Waals surface area (Å²) in [5.74, 6) is 0.639. The topological polar surface area (TPSA) is 50.4 Å². The summed E-state index contributed by atoms with van der Waals surface area (Å²) in [4.78, 5) is 11.8. The number of anilines is 1. The number of nitrogens with one attached hydrogen (secondary N) is 2. The number of amides is 2. The van der Waals surface area contributed by atoms with E-state index in [1.807, 2.05) is 31.2 Å². The van der Waals surface area contributed by atoms with E-state index in [4.69, 9.17) is 4.74 Å². The van der Waals surface area contributed by atoms with Crippen LogP contribution < -0.4 is 10.6 Å². The summed E-state index contributed by atoms with van der Waals surface area (Å²) in [5.41, 5.74) is 1.94. The molecule has 1 aromatic rings. The highest BCUT2D eigenvalue weighted by Crippen LogP contribution is 2.25. The first-order valence-corrected chi connectivity index (χ1v) is 7.88. The second-order valence-corrected chi connectivity index (χ2v) is 5.92. The van der Waals surface area contributed by atoms with Gasteiger partial charge in [0, 0.05) is 12.2 Å². The van der Waals surface area contributed by atoms with Crippen LogP contribution in [0.1, 0.15) is 38.2 Å². The van der Waals surface area contributed by atoms with Crippen LogP contribution >= 0.6 is 0 Å². The molecule has 1 fully saturated rings. The van der Waals surface area contributed by atoms with Crippen molar-refractivity contribution in [1.29, 1.82) is 0 Å². The highest BCUT2D eigenvalue weighted by atomic mass is 16.5. The highest BCUT2D eigenvalue weighted by Gasteiger charge is 2.21. The number of carbonyl (C=O) groups is 1. The lowest BCUT2D eigenvalue weighted by molar-refractivity contribution is -0.00232. The number of aryl methyl sites for hydroxylation is 1. The smallest absolute Gasteiger partial charge is 0.319 e. The van der Waals surface area contributed by atoms with Crippen molar-refractivity contribution in [3.05, 3.63) is 29.8 Å². The summed E-state index contributed by atoms with van der Waals surface area (Å²) >= 11 is 0. The third-order valence-electron chi connectivity index (χ3n) is 4.03. The number of hydrogen-bond acceptors (Lipinski definition) is 2. The fraction of sp³-hybridized carbons (Fsp3) is 0.588. The Morgan fingerprint density at radius 2 is 2.14 bits per heavy atom. The van der Waals surface area contributed by atoms with Crippen molar-refractivity contribution < 1.29 is 9.53 Å². The van der Waals surface area contributed by atoms with Gasteiger partial charge in [0.2, 0.25) is 0 Å². The average molecular weight is 290 g/mol. The third kappa shape index (κ3) is 5.38. The molecule has 4 nitrogen and oxygen atoms in total. The summed E-state index contributed by atoms with van der Waals surface area (Å²) in [6.45, 7) is 5.38. The van der Waals surface area contributed by atoms with Gasteiger partial charge in [-0.2, -0.15) is 0 Å². The quantitative estimate of drug-likeness (QED) is 0.812. The van der Waals surface area contributed by atoms with Crippen LogP contribution in [0.4, 0.5) is 10.5 Å². The lowest BCUT2D eigenvalue weighted by Crippen LogP contribution is -2.34. The van der Waals surface area contributed by atoms with Gasteiger partial charge in [-0.3, -0.25) is 0 Å². The predicted molar refractivity (Wildman–Crippen MR) is 85.6 cm³/mol. The van der Waals surface area contributed by atoms with E-state index < -0.39 is 0 Å². The van der Waals surface area contributed by atoms with E-state index in [2.05, 4.69) is 17.6 Å². The van der Waals surface area contributed by atoms with Crippen molar-refractivity contribution in [3.8, 4) is 0 Å². The van der Waals surface area contributed by atoms with E-state index in [-0.39, 0.29) is 6.03 Å². The number of hydrogen-bond donors (Lipinski definition) is 2. The van der Waals surface area contributed by atoms with E-state index in [1.54, 1.807) is 0 Å². The molecule has 4 heteroatoms. The molecule has 0 spiro atoms. The molecule has 0 aliphatic heterocycles. The van der Waals surface area contributed by atoms with Gasteiger partial charge < -0.3 is 15.4 Å². The molecule has 0 radical (unpaired) electrons. The maximum atomic E-state index is 11.8. The lowest BCUT2D eigenvalue weighted by Gasteiger charge is -2.28. The lowest BCUT2D eigenvalue weighted by atomic mass is 9.88. The average Bonchev–Trinajstić information content (AvgIpc) is 2.45. The zero-order chi connectivity index (χ0) is 15.1. The van der Waals surface area contributed by atoms with E-state index in [9.17, 15) is 4.79 Å². The number of urea groups is 1. The zero-order valence-corrected chi connectivity index (χ0v) is 13.0. The van der Waals surface area contributed by atoms with Crippen LogP contribution in [0.2, 0.25) is 0 Å². The summed E-state index contributed by atoms with van der Waals surface area (Å²) in [7, 11) is 0. The second kappa shape index (κ2) is 8.03. The van der Waals surface area contributed by atoms with Crippen LogP contribution in [0.25, 0.3) is 0 Å². The van der Waals surface area contributed by atoms with Crippen LogP contribution in [0.5, 0.6) is 0 Å². The molecule has 1 aromatic carbocycles. The zero-order valence-electron chi connectivity index (χ0n) is 13.0. The van der Waals surface area contributed by atoms with Gasteiger partial charge in [0.05, 0.1) is 12.7 Å². The van der Waals surface area contributed by atoms with Gasteiger partial charge >= 0.3 is 6.03 Å². The predicted octanol–water partition coefficient (Wildman–Crippen LogP) is 3.71. The van der Waals surface area contributed by atoms with E-state index >= 15 is 0 Å². The third-order valence-corrected chi connectivity index (χ3v) is 4.03. The molecule has 2 amide bonds. The maximum absolute atomic E-state index is 11.8. The minimum atomic E-state index is -0.180. The molecule has 2 N–H and O–H groups in total. The second-order valence-electron chi connectivity index (χ2n) is 5.92. The fourth-order valence-electron chi connectivity index (χ4n) is 2.80. The SMILES string of the molecule is Cc1cccc(NC(=O)NCCO[C@@H]2CCCC[C@H]2C)c1. The first-order valence-electron chi connectivity index (χ1n) is 7.88. The molecule has 21 heavy (non-hydrogen) atoms. The normalized spacial score (nSPS) is 21.8. The largest absolute Gasteiger partial charge is 0.376 e. The van der Waals surface area contributed by atoms with Gasteiger partial charge in [0.15, 0.2) is 0 Å². The molecule has 0 saturated heterocycles. The summed E-state index contributed by atoms with van der Waals surface area (Å²) in [5, 5.41) is 5.65. The molecule has 1 aliphatic rings. The molecule has 0 unspecified atom stereocenters. The monoisotopic (exact) mass is 290 g/mol. The number of carbonyl (C=O) groups excluding carboxylic acids is 1. The number of rotatable bonds is 5. The minimum Gasteiger partial charge on any atom is -0.376 e. The molecule has 2 atom stereocenters. The molecular formula is C17H26N2O2. The Hall–Kier alpha value is -1.55. The molecule has 116 valence electrons. The van der Waals surface area contributed by atoms with Crippen LogP contribution in [0, 0.1) is 12.8 Å². The summed E-state index contributed by atoms with van der Waals surface area (Å²) in [6.07, 6.45) is 5.34. The molecule has 1 aliphatic carbocycles. The Morgan fingerprint density at radius 1 is 1.33 bits per heavy atom. The van der Waals surface area contributed by atoms with Crippen molar-refractivity contribution in [1.82, 2.24) is 5.32 Å². The molecule has 2 rings (SSSR count). The van der Waals surface area contributed by atoms with E-state index in [1.165, 1.54) is 19.3 Å². The Bertz CT molecular complexity index is 462. The van der Waals surface area contributed by atoms with Gasteiger partial charge in [-0.05, 0) is 43.4 Å². The van der Waals surface area contributed by atoms with Crippen molar-refractivity contribution in [2.75, 3.05) is 18.5 Å². The van der Waals surface area contributed by atoms with Crippen molar-refractivity contribution >= 4 is 11.7 Å². The van der Waals surface area contributed by atoms with Gasteiger partial charge in [0.1, 0.15) is 0 Å². The van der Waals surface area contributed by atoms with Crippen LogP contribution in [0.3, 0.4) is 0 Å². The van der Waals surface area contributed by atoms with Crippen LogP contribution in [0.15, 0.2) is 24.3 Å². The van der Waals surface area contributed by atoms with Crippen LogP contribution in [-0.4, -0.2) is 25.3 Å². The Balaban J connectivity index is 1.63. The van der Waals surface area contributed by atoms with Crippen LogP contribution in [-0.2, 0) is 4.74 Å². The Kier molecular flexibility index (Phi) is 6.05.